The Morgan fingerprint density at radius 2 is 2.00 bits per heavy atom. The Hall–Kier alpha value is -1.96. The van der Waals surface area contributed by atoms with Crippen molar-refractivity contribution < 1.29 is 14.4 Å². The zero-order valence-electron chi connectivity index (χ0n) is 16.6. The third-order valence-corrected chi connectivity index (χ3v) is 6.29. The third-order valence-electron chi connectivity index (χ3n) is 5.23. The van der Waals surface area contributed by atoms with Gasteiger partial charge in [0.05, 0.1) is 16.7 Å². The molecule has 3 amide bonds. The van der Waals surface area contributed by atoms with Gasteiger partial charge >= 0.3 is 0 Å². The lowest BCUT2D eigenvalue weighted by Crippen LogP contribution is -2.61. The summed E-state index contributed by atoms with van der Waals surface area (Å²) in [6.07, 6.45) is 1.32. The zero-order chi connectivity index (χ0) is 19.9. The third kappa shape index (κ3) is 4.00. The first-order valence-electron chi connectivity index (χ1n) is 9.50. The molecule has 0 unspecified atom stereocenters. The van der Waals surface area contributed by atoms with Gasteiger partial charge in [-0.15, -0.1) is 11.3 Å². The van der Waals surface area contributed by atoms with Gasteiger partial charge in [0, 0.05) is 26.1 Å². The Labute approximate surface area is 164 Å². The lowest BCUT2D eigenvalue weighted by atomic mass is 9.97. The minimum atomic E-state index is -0.452. The number of nitrogens with zero attached hydrogens (tertiary/aromatic N) is 3. The first-order chi connectivity index (χ1) is 12.7. The van der Waals surface area contributed by atoms with E-state index in [1.165, 1.54) is 18.3 Å². The molecule has 1 aromatic heterocycles. The summed E-state index contributed by atoms with van der Waals surface area (Å²) < 4.78 is 0. The summed E-state index contributed by atoms with van der Waals surface area (Å²) >= 11 is 1.39. The predicted octanol–water partition coefficient (Wildman–Crippen LogP) is 1.74. The van der Waals surface area contributed by atoms with Crippen molar-refractivity contribution in [2.45, 2.75) is 65.6 Å². The van der Waals surface area contributed by atoms with Crippen LogP contribution in [0.5, 0.6) is 0 Å². The first kappa shape index (κ1) is 19.8. The minimum Gasteiger partial charge on any atom is -0.352 e. The number of aryl methyl sites for hydroxylation is 2. The number of carbonyl (C=O) groups is 3. The van der Waals surface area contributed by atoms with E-state index in [9.17, 15) is 14.4 Å². The minimum absolute atomic E-state index is 0.0000392. The van der Waals surface area contributed by atoms with Crippen LogP contribution in [0.15, 0.2) is 0 Å². The lowest BCUT2D eigenvalue weighted by molar-refractivity contribution is -0.142. The normalized spacial score (nSPS) is 25.1. The summed E-state index contributed by atoms with van der Waals surface area (Å²) in [6, 6.07) is -0.541. The molecule has 3 rings (SSSR count). The number of piperazine rings is 1. The van der Waals surface area contributed by atoms with Gasteiger partial charge in [-0.25, -0.2) is 4.98 Å². The van der Waals surface area contributed by atoms with Gasteiger partial charge in [0.1, 0.15) is 10.9 Å². The Morgan fingerprint density at radius 1 is 1.30 bits per heavy atom. The molecule has 0 spiro atoms. The van der Waals surface area contributed by atoms with Gasteiger partial charge in [0.2, 0.25) is 11.8 Å². The predicted molar refractivity (Wildman–Crippen MR) is 104 cm³/mol. The Balaban J connectivity index is 1.87. The number of hydrogen-bond acceptors (Lipinski definition) is 5. The van der Waals surface area contributed by atoms with Crippen LogP contribution in [0.25, 0.3) is 0 Å². The molecule has 0 bridgehead atoms. The van der Waals surface area contributed by atoms with Crippen molar-refractivity contribution in [3.63, 3.8) is 0 Å². The second-order valence-electron chi connectivity index (χ2n) is 8.03. The maximum absolute atomic E-state index is 13.3. The molecule has 2 saturated heterocycles. The van der Waals surface area contributed by atoms with Crippen LogP contribution in [0.1, 0.15) is 54.0 Å². The van der Waals surface area contributed by atoms with E-state index in [1.807, 2.05) is 18.7 Å². The lowest BCUT2D eigenvalue weighted by Gasteiger charge is -2.43. The molecular weight excluding hydrogens is 364 g/mol. The fraction of sp³-hybridized carbons (Fsp3) is 0.684. The van der Waals surface area contributed by atoms with Crippen LogP contribution in [-0.2, 0) is 9.59 Å². The summed E-state index contributed by atoms with van der Waals surface area (Å²) in [5.41, 5.74) is 0.725. The molecule has 8 heteroatoms. The fourth-order valence-corrected chi connectivity index (χ4v) is 5.07. The van der Waals surface area contributed by atoms with Crippen LogP contribution >= 0.6 is 11.3 Å². The molecule has 0 radical (unpaired) electrons. The van der Waals surface area contributed by atoms with Gasteiger partial charge in [-0.3, -0.25) is 14.4 Å². The van der Waals surface area contributed by atoms with Crippen molar-refractivity contribution in [1.82, 2.24) is 20.1 Å². The summed E-state index contributed by atoms with van der Waals surface area (Å²) in [5, 5.41) is 3.77. The molecule has 1 aromatic rings. The summed E-state index contributed by atoms with van der Waals surface area (Å²) in [7, 11) is 0. The van der Waals surface area contributed by atoms with Gasteiger partial charge < -0.3 is 15.1 Å². The number of nitrogens with one attached hydrogen (secondary N) is 1. The van der Waals surface area contributed by atoms with E-state index in [4.69, 9.17) is 0 Å². The van der Waals surface area contributed by atoms with Crippen molar-refractivity contribution in [1.29, 1.82) is 0 Å². The van der Waals surface area contributed by atoms with E-state index >= 15 is 0 Å². The molecule has 7 nitrogen and oxygen atoms in total. The first-order valence-corrected chi connectivity index (χ1v) is 10.3. The van der Waals surface area contributed by atoms with Gasteiger partial charge in [-0.1, -0.05) is 13.8 Å². The highest BCUT2D eigenvalue weighted by atomic mass is 32.1. The van der Waals surface area contributed by atoms with E-state index < -0.39 is 6.04 Å². The average Bonchev–Trinajstić information content (AvgIpc) is 3.10. The number of fused-ring (bicyclic) bond motifs is 1. The molecule has 0 saturated carbocycles. The van der Waals surface area contributed by atoms with Crippen LogP contribution < -0.4 is 5.32 Å². The molecule has 2 aliphatic rings. The summed E-state index contributed by atoms with van der Waals surface area (Å²) in [6.45, 7) is 10.4. The molecule has 27 heavy (non-hydrogen) atoms. The Bertz CT molecular complexity index is 760. The summed E-state index contributed by atoms with van der Waals surface area (Å²) in [4.78, 5) is 46.5. The molecule has 2 fully saturated rings. The van der Waals surface area contributed by atoms with E-state index in [-0.39, 0.29) is 29.8 Å². The molecule has 0 aromatic carbocycles. The van der Waals surface area contributed by atoms with Crippen LogP contribution in [0.4, 0.5) is 0 Å². The zero-order valence-corrected chi connectivity index (χ0v) is 17.4. The van der Waals surface area contributed by atoms with Crippen molar-refractivity contribution in [2.75, 3.05) is 13.1 Å². The van der Waals surface area contributed by atoms with Crippen molar-refractivity contribution in [2.24, 2.45) is 5.92 Å². The van der Waals surface area contributed by atoms with Crippen LogP contribution in [-0.4, -0.2) is 63.7 Å². The Kier molecular flexibility index (Phi) is 5.55. The SMILES string of the molecule is CC(=O)N[C@H]1C[C@H]2CN(C(=O)c3sc(C)nc3C)[C@@H](CC(C)C)C(=O)N2C1. The molecule has 3 heterocycles. The molecule has 1 N–H and O–H groups in total. The summed E-state index contributed by atoms with van der Waals surface area (Å²) in [5.74, 6) is 0.110. The maximum Gasteiger partial charge on any atom is 0.266 e. The molecule has 2 aliphatic heterocycles. The van der Waals surface area contributed by atoms with Gasteiger partial charge in [0.15, 0.2) is 0 Å². The highest BCUT2D eigenvalue weighted by molar-refractivity contribution is 7.13. The Morgan fingerprint density at radius 3 is 2.56 bits per heavy atom. The fourth-order valence-electron chi connectivity index (χ4n) is 4.19. The highest BCUT2D eigenvalue weighted by Gasteiger charge is 2.47. The highest BCUT2D eigenvalue weighted by Crippen LogP contribution is 2.31. The number of aromatic nitrogens is 1. The topological polar surface area (TPSA) is 82.6 Å². The van der Waals surface area contributed by atoms with Crippen LogP contribution in [0, 0.1) is 19.8 Å². The molecule has 0 aliphatic carbocycles. The second-order valence-corrected chi connectivity index (χ2v) is 9.23. The molecule has 3 atom stereocenters. The van der Waals surface area contributed by atoms with E-state index in [0.717, 1.165) is 10.7 Å². The standard InChI is InChI=1S/C19H28N4O3S/c1-10(2)6-16-18(25)22-8-14(21-12(4)24)7-15(22)9-23(16)19(26)17-11(3)20-13(5)27-17/h10,14-16H,6-9H2,1-5H3,(H,21,24)/t14-,15-,16-/m0/s1. The van der Waals surface area contributed by atoms with Crippen molar-refractivity contribution in [3.8, 4) is 0 Å². The number of carbonyl (C=O) groups excluding carboxylic acids is 3. The number of hydrogen-bond donors (Lipinski definition) is 1. The maximum atomic E-state index is 13.3. The van der Waals surface area contributed by atoms with Gasteiger partial charge in [-0.2, -0.15) is 0 Å². The second kappa shape index (κ2) is 7.58. The van der Waals surface area contributed by atoms with Crippen LogP contribution in [0.3, 0.4) is 0 Å². The van der Waals surface area contributed by atoms with Gasteiger partial charge in [0.25, 0.3) is 5.91 Å². The molecule has 148 valence electrons. The number of rotatable bonds is 4. The quantitative estimate of drug-likeness (QED) is 0.846. The van der Waals surface area contributed by atoms with Gasteiger partial charge in [-0.05, 0) is 32.6 Å². The smallest absolute Gasteiger partial charge is 0.266 e. The number of thiazole rings is 1. The monoisotopic (exact) mass is 392 g/mol. The van der Waals surface area contributed by atoms with Crippen molar-refractivity contribution >= 4 is 29.1 Å². The largest absolute Gasteiger partial charge is 0.352 e. The van der Waals surface area contributed by atoms with Crippen molar-refractivity contribution in [3.05, 3.63) is 15.6 Å². The van der Waals surface area contributed by atoms with Crippen LogP contribution in [0.2, 0.25) is 0 Å². The number of amides is 3. The van der Waals surface area contributed by atoms with E-state index in [1.54, 1.807) is 4.90 Å². The van der Waals surface area contributed by atoms with E-state index in [0.29, 0.717) is 36.7 Å². The molecular formula is C19H28N4O3S. The van der Waals surface area contributed by atoms with E-state index in [2.05, 4.69) is 24.1 Å². The average molecular weight is 393 g/mol.